The molecule has 0 radical (unpaired) electrons. The second-order valence-electron chi connectivity index (χ2n) is 10.6. The Morgan fingerprint density at radius 1 is 0.638 bits per heavy atom. The zero-order valence-corrected chi connectivity index (χ0v) is 48.2. The Balaban J connectivity index is 0.000000791. The lowest BCUT2D eigenvalue weighted by Gasteiger charge is -2.39. The first-order chi connectivity index (χ1) is 28.2. The summed E-state index contributed by atoms with van der Waals surface area (Å²) in [4.78, 5) is 10.1. The summed E-state index contributed by atoms with van der Waals surface area (Å²) in [7, 11) is 32.6. The minimum atomic E-state index is -0.288. The van der Waals surface area contributed by atoms with Crippen LogP contribution in [0.4, 0.5) is 0 Å². The van der Waals surface area contributed by atoms with Gasteiger partial charge in [-0.1, -0.05) is 52.0 Å². The molecule has 0 atom stereocenters. The van der Waals surface area contributed by atoms with Gasteiger partial charge in [-0.25, -0.2) is 0 Å². The SMILES string of the molecule is CCC(CC)(CO)CO.CCC1(CC)COC(c2ccc(C#N)cc2)OC1.N#Cc1ccc(C=O)cc1.S=S=S=S=S=S=S=S=S=S=S=S=S=S=S=S=S=S=S=S=S. The van der Waals surface area contributed by atoms with Crippen molar-refractivity contribution in [2.24, 2.45) is 10.8 Å². The van der Waals surface area contributed by atoms with Crippen molar-refractivity contribution in [3.05, 3.63) is 70.8 Å². The van der Waals surface area contributed by atoms with Crippen LogP contribution in [0.3, 0.4) is 0 Å². The van der Waals surface area contributed by atoms with Crippen LogP contribution in [0.15, 0.2) is 48.5 Å². The fourth-order valence-corrected chi connectivity index (χ4v) is 50.4. The fourth-order valence-electron chi connectivity index (χ4n) is 3.74. The van der Waals surface area contributed by atoms with Gasteiger partial charge < -0.3 is 19.7 Å². The summed E-state index contributed by atoms with van der Waals surface area (Å²) in [6, 6.07) is 17.9. The predicted octanol–water partition coefficient (Wildman–Crippen LogP) is 5.51. The molecule has 1 heterocycles. The van der Waals surface area contributed by atoms with Crippen molar-refractivity contribution in [3.63, 3.8) is 0 Å². The van der Waals surface area contributed by atoms with E-state index in [4.69, 9.17) is 52.6 Å². The van der Waals surface area contributed by atoms with Gasteiger partial charge in [-0.05, 0) is 49.9 Å². The number of benzene rings is 2. The van der Waals surface area contributed by atoms with E-state index >= 15 is 0 Å². The third kappa shape index (κ3) is 29.1. The molecular weight excluding hydrogens is 1140 g/mol. The van der Waals surface area contributed by atoms with Crippen LogP contribution in [0.5, 0.6) is 0 Å². The van der Waals surface area contributed by atoms with Crippen molar-refractivity contribution in [3.8, 4) is 12.1 Å². The Hall–Kier alpha value is 1.55. The maximum atomic E-state index is 10.1. The first-order valence-electron chi connectivity index (χ1n) is 16.1. The number of rotatable bonds is 8. The molecule has 7 nitrogen and oxygen atoms in total. The molecular formula is C30H40N2O5S21. The molecule has 28 heteroatoms. The van der Waals surface area contributed by atoms with E-state index in [9.17, 15) is 4.79 Å². The Morgan fingerprint density at radius 3 is 1.21 bits per heavy atom. The van der Waals surface area contributed by atoms with Gasteiger partial charge in [-0.15, -0.1) is 0 Å². The van der Waals surface area contributed by atoms with E-state index in [1.54, 1.807) is 187 Å². The van der Waals surface area contributed by atoms with Gasteiger partial charge in [0.25, 0.3) is 0 Å². The molecule has 0 aliphatic carbocycles. The number of carbonyl (C=O) groups excluding carboxylic acids is 1. The zero-order valence-electron chi connectivity index (χ0n) is 31.0. The highest BCUT2D eigenvalue weighted by atomic mass is 33.5. The minimum absolute atomic E-state index is 0.0938. The Bertz CT molecular complexity index is 2400. The van der Waals surface area contributed by atoms with Gasteiger partial charge in [0.1, 0.15) is 6.29 Å². The quantitative estimate of drug-likeness (QED) is 0.330. The molecule has 2 aromatic rings. The number of nitrogens with zero attached hydrogens (tertiary/aromatic N) is 2. The van der Waals surface area contributed by atoms with Crippen molar-refractivity contribution in [1.82, 2.24) is 0 Å². The van der Waals surface area contributed by atoms with Crippen LogP contribution in [-0.4, -0.2) is 42.9 Å². The average Bonchev–Trinajstić information content (AvgIpc) is 3.29. The summed E-state index contributed by atoms with van der Waals surface area (Å²) < 4.78 is 11.7. The number of aldehydes is 1. The first kappa shape index (κ1) is 59.6. The molecule has 58 heavy (non-hydrogen) atoms. The van der Waals surface area contributed by atoms with Gasteiger partial charge in [0.05, 0.1) is 49.7 Å². The molecule has 1 aliphatic rings. The van der Waals surface area contributed by atoms with E-state index in [-0.39, 0.29) is 30.3 Å². The molecule has 1 aliphatic heterocycles. The maximum absolute atomic E-state index is 10.1. The van der Waals surface area contributed by atoms with E-state index < -0.39 is 0 Å². The van der Waals surface area contributed by atoms with Gasteiger partial charge in [-0.2, -0.15) is 10.5 Å². The van der Waals surface area contributed by atoms with Gasteiger partial charge in [0.15, 0.2) is 6.29 Å². The molecule has 2 N–H and O–H groups in total. The third-order valence-electron chi connectivity index (χ3n) is 7.74. The van der Waals surface area contributed by atoms with E-state index in [1.165, 1.54) is 17.8 Å². The van der Waals surface area contributed by atoms with Crippen LogP contribution in [0.25, 0.3) is 0 Å². The Morgan fingerprint density at radius 2 is 0.966 bits per heavy atom. The van der Waals surface area contributed by atoms with Crippen LogP contribution >= 0.6 is 0 Å². The molecule has 0 bridgehead atoms. The smallest absolute Gasteiger partial charge is 0.183 e. The Labute approximate surface area is 406 Å². The molecule has 1 saturated heterocycles. The van der Waals surface area contributed by atoms with E-state index in [2.05, 4.69) is 19.9 Å². The molecule has 1 fully saturated rings. The molecule has 0 aromatic heterocycles. The average molecular weight is 1180 g/mol. The van der Waals surface area contributed by atoms with Crippen molar-refractivity contribution < 1.29 is 24.5 Å². The second-order valence-corrected chi connectivity index (χ2v) is 44.2. The summed E-state index contributed by atoms with van der Waals surface area (Å²) in [5, 5.41) is 34.8. The Kier molecular flexibility index (Phi) is 42.4. The fraction of sp³-hybridized carbons (Fsp3) is 0.500. The van der Waals surface area contributed by atoms with E-state index in [0.717, 1.165) is 50.7 Å². The molecule has 0 amide bonds. The monoisotopic (exact) mass is 1180 g/mol. The zero-order chi connectivity index (χ0) is 43.2. The van der Waals surface area contributed by atoms with Crippen LogP contribution < -0.4 is 0 Å². The summed E-state index contributed by atoms with van der Waals surface area (Å²) >= 11 is 9.52. The molecule has 3 rings (SSSR count). The molecule has 2 aromatic carbocycles. The number of hydrogen-bond donors (Lipinski definition) is 2. The van der Waals surface area contributed by atoms with E-state index in [1.807, 2.05) is 32.0 Å². The highest BCUT2D eigenvalue weighted by Crippen LogP contribution is 2.36. The van der Waals surface area contributed by atoms with Crippen molar-refractivity contribution in [2.75, 3.05) is 26.4 Å². The maximum Gasteiger partial charge on any atom is 0.183 e. The number of nitriles is 2. The number of carbonyl (C=O) groups is 1. The van der Waals surface area contributed by atoms with Crippen molar-refractivity contribution in [2.45, 2.75) is 59.7 Å². The number of aliphatic hydroxyl groups excluding tert-OH is 2. The highest BCUT2D eigenvalue weighted by molar-refractivity contribution is 8.78. The minimum Gasteiger partial charge on any atom is -0.396 e. The standard InChI is InChI=1S/C15H19NO2.C8H5NO.C7H16O2.S21/c1-3-15(4-2)10-17-14(18-11-15)13-7-5-12(9-16)6-8-13;9-5-7-1-3-8(6-10)4-2-7;1-3-7(4-2,5-8)6-9;1-3-5-7-9-11-13-15-17-19-21-20-18-16-14-12-10-8-6-4-2/h5-8,14H,3-4,10-11H2,1-2H3;1-4,6H;8-9H,3-6H2,1-2H3;. The summed E-state index contributed by atoms with van der Waals surface area (Å²) in [5.41, 5.74) is 2.76. The molecule has 0 unspecified atom stereocenters. The van der Waals surface area contributed by atoms with Crippen LogP contribution in [0, 0.1) is 33.5 Å². The third-order valence-corrected chi connectivity index (χ3v) is 47.7. The largest absolute Gasteiger partial charge is 0.396 e. The molecule has 0 saturated carbocycles. The summed E-state index contributed by atoms with van der Waals surface area (Å²) in [5.74, 6) is 0. The summed E-state index contributed by atoms with van der Waals surface area (Å²) in [6.45, 7) is 9.99. The second kappa shape index (κ2) is 41.3. The lowest BCUT2D eigenvalue weighted by atomic mass is 9.83. The van der Waals surface area contributed by atoms with Crippen LogP contribution in [-0.2, 0) is 201 Å². The lowest BCUT2D eigenvalue weighted by molar-refractivity contribution is -0.235. The number of ether oxygens (including phenoxy) is 2. The van der Waals surface area contributed by atoms with Gasteiger partial charge in [0.2, 0.25) is 0 Å². The van der Waals surface area contributed by atoms with Crippen LogP contribution in [0.2, 0.25) is 0 Å². The topological polar surface area (TPSA) is 124 Å². The van der Waals surface area contributed by atoms with E-state index in [0.29, 0.717) is 16.7 Å². The van der Waals surface area contributed by atoms with Gasteiger partial charge in [0, 0.05) is 213 Å². The number of hydrogen-bond acceptors (Lipinski definition) is 9. The predicted molar refractivity (Wildman–Crippen MR) is 297 cm³/mol. The molecule has 0 spiro atoms. The molecule has 326 valence electrons. The number of aliphatic hydroxyl groups is 2. The lowest BCUT2D eigenvalue weighted by Crippen LogP contribution is -2.37. The van der Waals surface area contributed by atoms with Gasteiger partial charge >= 0.3 is 0 Å². The highest BCUT2D eigenvalue weighted by Gasteiger charge is 2.34. The first-order valence-corrected chi connectivity index (χ1v) is 42.7. The van der Waals surface area contributed by atoms with Gasteiger partial charge in [-0.3, -0.25) is 4.79 Å². The normalized spacial score (nSPS) is 12.0. The van der Waals surface area contributed by atoms with Crippen LogP contribution in [0.1, 0.15) is 86.7 Å². The summed E-state index contributed by atoms with van der Waals surface area (Å²) in [6.07, 6.45) is 4.30. The van der Waals surface area contributed by atoms with Crippen molar-refractivity contribution in [1.29, 1.82) is 10.5 Å². The van der Waals surface area contributed by atoms with Crippen molar-refractivity contribution >= 4 is 197 Å².